The lowest BCUT2D eigenvalue weighted by molar-refractivity contribution is -0.126. The number of amides is 2. The maximum atomic E-state index is 11.6. The molecule has 126 valence electrons. The molecule has 8 heteroatoms. The molecule has 0 spiro atoms. The fourth-order valence-electron chi connectivity index (χ4n) is 1.39. The standard InChI is InChI=1S/C15H19Cl2N3O3/c1-9(2)10(3)19-15(22)8-23-18-7-14(21)20-11-4-5-12(16)13(17)6-11/h4-7,9-10H,8H2,1-3H3,(H,19,22)(H,20,21)/b18-7-/t10-/m0/s1. The summed E-state index contributed by atoms with van der Waals surface area (Å²) in [6.45, 7) is 5.64. The highest BCUT2D eigenvalue weighted by Gasteiger charge is 2.10. The Labute approximate surface area is 145 Å². The van der Waals surface area contributed by atoms with E-state index in [1.807, 2.05) is 20.8 Å². The third-order valence-electron chi connectivity index (χ3n) is 3.02. The molecule has 1 atom stereocenters. The fraction of sp³-hybridized carbons (Fsp3) is 0.400. The number of carbonyl (C=O) groups excluding carboxylic acids is 2. The molecule has 1 rings (SSSR count). The Hall–Kier alpha value is -1.79. The van der Waals surface area contributed by atoms with Crippen molar-refractivity contribution >= 4 is 46.9 Å². The van der Waals surface area contributed by atoms with Crippen LogP contribution < -0.4 is 10.6 Å². The van der Waals surface area contributed by atoms with E-state index in [0.717, 1.165) is 6.21 Å². The molecule has 0 saturated heterocycles. The van der Waals surface area contributed by atoms with Gasteiger partial charge in [-0.15, -0.1) is 0 Å². The lowest BCUT2D eigenvalue weighted by Gasteiger charge is -2.16. The van der Waals surface area contributed by atoms with Gasteiger partial charge in [-0.2, -0.15) is 0 Å². The van der Waals surface area contributed by atoms with Crippen LogP contribution in [0, 0.1) is 5.92 Å². The number of hydrogen-bond donors (Lipinski definition) is 2. The second-order valence-corrected chi connectivity index (χ2v) is 6.04. The van der Waals surface area contributed by atoms with Crippen molar-refractivity contribution < 1.29 is 14.4 Å². The molecule has 0 unspecified atom stereocenters. The SMILES string of the molecule is CC(C)[C@H](C)NC(=O)CO/N=C\C(=O)Nc1ccc(Cl)c(Cl)c1. The van der Waals surface area contributed by atoms with E-state index in [-0.39, 0.29) is 18.6 Å². The first-order valence-corrected chi connectivity index (χ1v) is 7.76. The molecule has 0 radical (unpaired) electrons. The van der Waals surface area contributed by atoms with E-state index in [9.17, 15) is 9.59 Å². The molecule has 1 aromatic rings. The number of anilines is 1. The highest BCUT2D eigenvalue weighted by Crippen LogP contribution is 2.24. The van der Waals surface area contributed by atoms with Crippen molar-refractivity contribution in [2.75, 3.05) is 11.9 Å². The van der Waals surface area contributed by atoms with Gasteiger partial charge in [0.25, 0.3) is 11.8 Å². The molecule has 0 saturated carbocycles. The van der Waals surface area contributed by atoms with Crippen LogP contribution >= 0.6 is 23.2 Å². The number of rotatable bonds is 7. The van der Waals surface area contributed by atoms with Gasteiger partial charge in [0.1, 0.15) is 6.21 Å². The third-order valence-corrected chi connectivity index (χ3v) is 3.75. The van der Waals surface area contributed by atoms with Crippen LogP contribution in [0.2, 0.25) is 10.0 Å². The number of nitrogens with one attached hydrogen (secondary N) is 2. The molecular weight excluding hydrogens is 341 g/mol. The van der Waals surface area contributed by atoms with Crippen molar-refractivity contribution in [1.29, 1.82) is 0 Å². The van der Waals surface area contributed by atoms with Gasteiger partial charge in [0, 0.05) is 11.7 Å². The van der Waals surface area contributed by atoms with Crippen LogP contribution in [0.4, 0.5) is 5.69 Å². The van der Waals surface area contributed by atoms with Crippen LogP contribution in [0.5, 0.6) is 0 Å². The van der Waals surface area contributed by atoms with Crippen molar-refractivity contribution in [1.82, 2.24) is 5.32 Å². The van der Waals surface area contributed by atoms with Crippen molar-refractivity contribution in [2.24, 2.45) is 11.1 Å². The number of benzene rings is 1. The Morgan fingerprint density at radius 2 is 1.96 bits per heavy atom. The minimum atomic E-state index is -0.514. The molecule has 0 aromatic heterocycles. The lowest BCUT2D eigenvalue weighted by Crippen LogP contribution is -2.38. The van der Waals surface area contributed by atoms with Gasteiger partial charge >= 0.3 is 0 Å². The smallest absolute Gasteiger partial charge is 0.270 e. The molecule has 23 heavy (non-hydrogen) atoms. The van der Waals surface area contributed by atoms with Crippen LogP contribution in [0.1, 0.15) is 20.8 Å². The van der Waals surface area contributed by atoms with Gasteiger partial charge in [-0.3, -0.25) is 9.59 Å². The summed E-state index contributed by atoms with van der Waals surface area (Å²) in [5, 5.41) is 9.45. The molecule has 0 aliphatic heterocycles. The van der Waals surface area contributed by atoms with Gasteiger partial charge in [0.2, 0.25) is 0 Å². The fourth-order valence-corrected chi connectivity index (χ4v) is 1.69. The van der Waals surface area contributed by atoms with E-state index >= 15 is 0 Å². The van der Waals surface area contributed by atoms with Gasteiger partial charge in [-0.25, -0.2) is 0 Å². The molecule has 0 aliphatic rings. The predicted octanol–water partition coefficient (Wildman–Crippen LogP) is 3.10. The monoisotopic (exact) mass is 359 g/mol. The molecule has 6 nitrogen and oxygen atoms in total. The zero-order valence-electron chi connectivity index (χ0n) is 13.1. The van der Waals surface area contributed by atoms with E-state index < -0.39 is 5.91 Å². The van der Waals surface area contributed by atoms with Gasteiger partial charge in [-0.05, 0) is 31.0 Å². The first-order chi connectivity index (χ1) is 10.8. The van der Waals surface area contributed by atoms with E-state index in [0.29, 0.717) is 21.7 Å². The topological polar surface area (TPSA) is 79.8 Å². The van der Waals surface area contributed by atoms with E-state index in [1.165, 1.54) is 6.07 Å². The van der Waals surface area contributed by atoms with Crippen LogP contribution in [0.3, 0.4) is 0 Å². The summed E-state index contributed by atoms with van der Waals surface area (Å²) < 4.78 is 0. The van der Waals surface area contributed by atoms with Crippen molar-refractivity contribution in [3.63, 3.8) is 0 Å². The highest BCUT2D eigenvalue weighted by molar-refractivity contribution is 6.42. The first-order valence-electron chi connectivity index (χ1n) is 7.00. The Morgan fingerprint density at radius 3 is 2.57 bits per heavy atom. The summed E-state index contributed by atoms with van der Waals surface area (Å²) in [6.07, 6.45) is 0.932. The minimum absolute atomic E-state index is 0.0352. The Bertz CT molecular complexity index is 591. The Morgan fingerprint density at radius 1 is 1.26 bits per heavy atom. The van der Waals surface area contributed by atoms with Crippen molar-refractivity contribution in [3.05, 3.63) is 28.2 Å². The van der Waals surface area contributed by atoms with Crippen molar-refractivity contribution in [2.45, 2.75) is 26.8 Å². The number of carbonyl (C=O) groups is 2. The molecule has 2 amide bonds. The number of hydrogen-bond acceptors (Lipinski definition) is 4. The molecule has 0 heterocycles. The second kappa shape index (κ2) is 9.37. The summed E-state index contributed by atoms with van der Waals surface area (Å²) >= 11 is 11.6. The van der Waals surface area contributed by atoms with E-state index in [4.69, 9.17) is 28.0 Å². The largest absolute Gasteiger partial charge is 0.386 e. The van der Waals surface area contributed by atoms with E-state index in [2.05, 4.69) is 15.8 Å². The second-order valence-electron chi connectivity index (χ2n) is 5.23. The molecule has 0 aliphatic carbocycles. The quantitative estimate of drug-likeness (QED) is 0.579. The highest BCUT2D eigenvalue weighted by atomic mass is 35.5. The zero-order chi connectivity index (χ0) is 17.4. The van der Waals surface area contributed by atoms with Gasteiger partial charge in [0.05, 0.1) is 10.0 Å². The van der Waals surface area contributed by atoms with Gasteiger partial charge in [0.15, 0.2) is 6.61 Å². The predicted molar refractivity (Wildman–Crippen MR) is 92.0 cm³/mol. The first kappa shape index (κ1) is 19.3. The third kappa shape index (κ3) is 7.34. The lowest BCUT2D eigenvalue weighted by atomic mass is 10.1. The molecule has 2 N–H and O–H groups in total. The average molecular weight is 360 g/mol. The van der Waals surface area contributed by atoms with Gasteiger partial charge < -0.3 is 15.5 Å². The number of nitrogens with zero attached hydrogens (tertiary/aromatic N) is 1. The maximum absolute atomic E-state index is 11.6. The summed E-state index contributed by atoms with van der Waals surface area (Å²) in [7, 11) is 0. The maximum Gasteiger partial charge on any atom is 0.270 e. The Kier molecular flexibility index (Phi) is 7.85. The zero-order valence-corrected chi connectivity index (χ0v) is 14.6. The van der Waals surface area contributed by atoms with Crippen LogP contribution in [0.15, 0.2) is 23.4 Å². The molecule has 1 aromatic carbocycles. The summed E-state index contributed by atoms with van der Waals surface area (Å²) in [5.41, 5.74) is 0.472. The molecular formula is C15H19Cl2N3O3. The average Bonchev–Trinajstić information content (AvgIpc) is 2.47. The van der Waals surface area contributed by atoms with Crippen LogP contribution in [-0.4, -0.2) is 30.7 Å². The van der Waals surface area contributed by atoms with Crippen LogP contribution in [0.25, 0.3) is 0 Å². The Balaban J connectivity index is 2.35. The summed E-state index contributed by atoms with van der Waals surface area (Å²) in [5.74, 6) is -0.494. The normalized spacial score (nSPS) is 12.3. The summed E-state index contributed by atoms with van der Waals surface area (Å²) in [4.78, 5) is 27.9. The van der Waals surface area contributed by atoms with Crippen LogP contribution in [-0.2, 0) is 14.4 Å². The minimum Gasteiger partial charge on any atom is -0.386 e. The molecule has 0 fully saturated rings. The number of oxime groups is 1. The molecule has 0 bridgehead atoms. The van der Waals surface area contributed by atoms with E-state index in [1.54, 1.807) is 12.1 Å². The van der Waals surface area contributed by atoms with Crippen molar-refractivity contribution in [3.8, 4) is 0 Å². The summed E-state index contributed by atoms with van der Waals surface area (Å²) in [6, 6.07) is 4.71. The number of halogens is 2. The van der Waals surface area contributed by atoms with Gasteiger partial charge in [-0.1, -0.05) is 42.2 Å².